The Bertz CT molecular complexity index is 532. The minimum absolute atomic E-state index is 0.770. The second-order valence-electron chi connectivity index (χ2n) is 2.91. The highest BCUT2D eigenvalue weighted by molar-refractivity contribution is 9.10. The fraction of sp³-hybridized carbons (Fsp3) is 0.100. The van der Waals surface area contributed by atoms with Crippen LogP contribution in [0.15, 0.2) is 28.1 Å². The smallest absolute Gasteiger partial charge is 0.158 e. The van der Waals surface area contributed by atoms with Gasteiger partial charge in [0.25, 0.3) is 0 Å². The highest BCUT2D eigenvalue weighted by atomic mass is 79.9. The normalized spacial score (nSPS) is 10.3. The molecule has 0 spiro atoms. The van der Waals surface area contributed by atoms with Crippen LogP contribution >= 0.6 is 39.5 Å². The van der Waals surface area contributed by atoms with Crippen LogP contribution in [0.1, 0.15) is 0 Å². The molecule has 0 fully saturated rings. The van der Waals surface area contributed by atoms with Gasteiger partial charge >= 0.3 is 0 Å². The number of hydrogen-bond acceptors (Lipinski definition) is 3. The van der Waals surface area contributed by atoms with Crippen molar-refractivity contribution in [2.24, 2.45) is 0 Å². The standard InChI is InChI=1S/C10H8BrNOS2/c1-13-9-3-2-6(11)4-7(9)8-5-15-10(14)12-8/h2-5H,1H3,(H,12,14). The Morgan fingerprint density at radius 3 is 2.87 bits per heavy atom. The van der Waals surface area contributed by atoms with Gasteiger partial charge in [-0.25, -0.2) is 0 Å². The predicted molar refractivity (Wildman–Crippen MR) is 69.2 cm³/mol. The lowest BCUT2D eigenvalue weighted by atomic mass is 10.1. The van der Waals surface area contributed by atoms with Crippen LogP contribution in [0.4, 0.5) is 0 Å². The zero-order valence-corrected chi connectivity index (χ0v) is 11.1. The van der Waals surface area contributed by atoms with Crippen molar-refractivity contribution < 1.29 is 4.74 Å². The molecule has 0 saturated heterocycles. The van der Waals surface area contributed by atoms with Crippen molar-refractivity contribution in [2.45, 2.75) is 0 Å². The van der Waals surface area contributed by atoms with Crippen LogP contribution in [0.25, 0.3) is 11.3 Å². The van der Waals surface area contributed by atoms with Crippen LogP contribution in [0.5, 0.6) is 5.75 Å². The minimum atomic E-state index is 0.770. The molecule has 0 atom stereocenters. The van der Waals surface area contributed by atoms with Gasteiger partial charge < -0.3 is 9.72 Å². The average molecular weight is 302 g/mol. The number of rotatable bonds is 2. The summed E-state index contributed by atoms with van der Waals surface area (Å²) in [5, 5.41) is 1.99. The summed E-state index contributed by atoms with van der Waals surface area (Å²) in [7, 11) is 1.66. The average Bonchev–Trinajstić information content (AvgIpc) is 2.65. The van der Waals surface area contributed by atoms with Gasteiger partial charge in [0.05, 0.1) is 12.8 Å². The van der Waals surface area contributed by atoms with E-state index in [9.17, 15) is 0 Å². The van der Waals surface area contributed by atoms with E-state index in [0.717, 1.165) is 25.4 Å². The summed E-state index contributed by atoms with van der Waals surface area (Å²) in [6.07, 6.45) is 0. The maximum atomic E-state index is 5.29. The molecular weight excluding hydrogens is 294 g/mol. The number of nitrogens with one attached hydrogen (secondary N) is 1. The van der Waals surface area contributed by atoms with E-state index < -0.39 is 0 Å². The molecule has 0 aliphatic rings. The van der Waals surface area contributed by atoms with Crippen LogP contribution in [0.3, 0.4) is 0 Å². The number of H-pyrrole nitrogens is 1. The molecule has 0 aliphatic heterocycles. The molecular formula is C10H8BrNOS2. The molecule has 1 aromatic heterocycles. The van der Waals surface area contributed by atoms with Gasteiger partial charge in [0, 0.05) is 15.4 Å². The van der Waals surface area contributed by atoms with E-state index in [0.29, 0.717) is 0 Å². The Hall–Kier alpha value is -0.650. The lowest BCUT2D eigenvalue weighted by Crippen LogP contribution is -1.87. The first kappa shape index (κ1) is 10.9. The molecule has 78 valence electrons. The summed E-state index contributed by atoms with van der Waals surface area (Å²) >= 11 is 10.0. The SMILES string of the molecule is COc1ccc(Br)cc1-c1csc(=S)[nH]1. The van der Waals surface area contributed by atoms with E-state index in [1.54, 1.807) is 7.11 Å². The van der Waals surface area contributed by atoms with E-state index in [-0.39, 0.29) is 0 Å². The second kappa shape index (κ2) is 4.47. The Labute approximate surface area is 105 Å². The van der Waals surface area contributed by atoms with Crippen LogP contribution in [0.2, 0.25) is 0 Å². The van der Waals surface area contributed by atoms with E-state index in [4.69, 9.17) is 17.0 Å². The molecule has 15 heavy (non-hydrogen) atoms. The molecule has 0 radical (unpaired) electrons. The predicted octanol–water partition coefficient (Wildman–Crippen LogP) is 4.24. The number of aromatic nitrogens is 1. The summed E-state index contributed by atoms with van der Waals surface area (Å²) in [5.41, 5.74) is 2.00. The molecule has 0 saturated carbocycles. The summed E-state index contributed by atoms with van der Waals surface area (Å²) in [6.45, 7) is 0. The molecule has 0 bridgehead atoms. The number of thiazole rings is 1. The zero-order chi connectivity index (χ0) is 10.8. The van der Waals surface area contributed by atoms with Gasteiger partial charge in [0.1, 0.15) is 5.75 Å². The molecule has 2 nitrogen and oxygen atoms in total. The molecule has 1 heterocycles. The van der Waals surface area contributed by atoms with Crippen molar-refractivity contribution in [3.8, 4) is 17.0 Å². The largest absolute Gasteiger partial charge is 0.496 e. The van der Waals surface area contributed by atoms with Crippen LogP contribution in [-0.2, 0) is 0 Å². The monoisotopic (exact) mass is 301 g/mol. The van der Waals surface area contributed by atoms with Crippen molar-refractivity contribution >= 4 is 39.5 Å². The van der Waals surface area contributed by atoms with E-state index in [1.165, 1.54) is 11.3 Å². The van der Waals surface area contributed by atoms with Crippen molar-refractivity contribution in [3.63, 3.8) is 0 Å². The fourth-order valence-corrected chi connectivity index (χ4v) is 2.50. The number of ether oxygens (including phenoxy) is 1. The highest BCUT2D eigenvalue weighted by Gasteiger charge is 2.07. The zero-order valence-electron chi connectivity index (χ0n) is 7.91. The number of hydrogen-bond donors (Lipinski definition) is 1. The molecule has 0 amide bonds. The quantitative estimate of drug-likeness (QED) is 0.839. The summed E-state index contributed by atoms with van der Waals surface area (Å²) in [6, 6.07) is 5.88. The fourth-order valence-electron chi connectivity index (χ4n) is 1.30. The van der Waals surface area contributed by atoms with Crippen LogP contribution in [-0.4, -0.2) is 12.1 Å². The topological polar surface area (TPSA) is 25.0 Å². The van der Waals surface area contributed by atoms with Gasteiger partial charge in [0.2, 0.25) is 0 Å². The molecule has 0 unspecified atom stereocenters. The Kier molecular flexibility index (Phi) is 3.23. The van der Waals surface area contributed by atoms with Crippen molar-refractivity contribution in [1.82, 2.24) is 4.98 Å². The first-order valence-corrected chi connectivity index (χ1v) is 6.30. The summed E-state index contributed by atoms with van der Waals surface area (Å²) < 4.78 is 7.08. The molecule has 5 heteroatoms. The summed E-state index contributed by atoms with van der Waals surface area (Å²) in [4.78, 5) is 3.13. The van der Waals surface area contributed by atoms with Gasteiger partial charge in [-0.05, 0) is 30.4 Å². The number of benzene rings is 1. The van der Waals surface area contributed by atoms with Crippen molar-refractivity contribution in [1.29, 1.82) is 0 Å². The van der Waals surface area contributed by atoms with Gasteiger partial charge in [-0.1, -0.05) is 15.9 Å². The Balaban J connectivity index is 2.59. The second-order valence-corrected chi connectivity index (χ2v) is 5.37. The molecule has 1 aromatic carbocycles. The maximum absolute atomic E-state index is 5.29. The third kappa shape index (κ3) is 2.30. The molecule has 0 aliphatic carbocycles. The van der Waals surface area contributed by atoms with Crippen molar-refractivity contribution in [2.75, 3.05) is 7.11 Å². The van der Waals surface area contributed by atoms with E-state index >= 15 is 0 Å². The first-order chi connectivity index (χ1) is 7.20. The highest BCUT2D eigenvalue weighted by Crippen LogP contribution is 2.32. The van der Waals surface area contributed by atoms with Crippen LogP contribution < -0.4 is 4.74 Å². The Morgan fingerprint density at radius 2 is 2.27 bits per heavy atom. The van der Waals surface area contributed by atoms with Gasteiger partial charge in [-0.2, -0.15) is 0 Å². The van der Waals surface area contributed by atoms with E-state index in [1.807, 2.05) is 23.6 Å². The minimum Gasteiger partial charge on any atom is -0.496 e. The number of methoxy groups -OCH3 is 1. The Morgan fingerprint density at radius 1 is 1.47 bits per heavy atom. The molecule has 2 rings (SSSR count). The van der Waals surface area contributed by atoms with Gasteiger partial charge in [-0.3, -0.25) is 0 Å². The third-order valence-corrected chi connectivity index (χ3v) is 3.53. The first-order valence-electron chi connectivity index (χ1n) is 4.22. The number of aromatic amines is 1. The lowest BCUT2D eigenvalue weighted by Gasteiger charge is -2.06. The molecule has 1 N–H and O–H groups in total. The summed E-state index contributed by atoms with van der Waals surface area (Å²) in [5.74, 6) is 0.835. The third-order valence-electron chi connectivity index (χ3n) is 1.97. The van der Waals surface area contributed by atoms with E-state index in [2.05, 4.69) is 20.9 Å². The van der Waals surface area contributed by atoms with Crippen molar-refractivity contribution in [3.05, 3.63) is 32.0 Å². The number of halogens is 1. The van der Waals surface area contributed by atoms with Crippen LogP contribution in [0, 0.1) is 3.95 Å². The lowest BCUT2D eigenvalue weighted by molar-refractivity contribution is 0.416. The van der Waals surface area contributed by atoms with Gasteiger partial charge in [0.15, 0.2) is 3.95 Å². The van der Waals surface area contributed by atoms with Gasteiger partial charge in [-0.15, -0.1) is 11.3 Å². The maximum Gasteiger partial charge on any atom is 0.158 e. The molecule has 2 aromatic rings.